The van der Waals surface area contributed by atoms with Crippen molar-refractivity contribution < 1.29 is 39.9 Å². The number of benzene rings is 2. The van der Waals surface area contributed by atoms with Gasteiger partial charge in [0.1, 0.15) is 22.6 Å². The summed E-state index contributed by atoms with van der Waals surface area (Å²) in [5.74, 6) is -3.02. The Morgan fingerprint density at radius 2 is 0.776 bits per heavy atom. The summed E-state index contributed by atoms with van der Waals surface area (Å²) in [4.78, 5) is 34.3. The van der Waals surface area contributed by atoms with Crippen LogP contribution in [0.2, 0.25) is 0 Å². The van der Waals surface area contributed by atoms with E-state index in [0.717, 1.165) is 32.1 Å². The molecule has 0 aliphatic carbocycles. The Morgan fingerprint density at radius 3 is 1.16 bits per heavy atom. The van der Waals surface area contributed by atoms with E-state index in [2.05, 4.69) is 13.8 Å². The fraction of sp³-hybridized carbons (Fsp3) is 0.700. The van der Waals surface area contributed by atoms with Crippen LogP contribution in [-0.2, 0) is 0 Å². The number of unbranched alkanes of at least 4 members (excludes halogenated alkanes) is 28. The minimum atomic E-state index is -1.22. The first-order chi connectivity index (χ1) is 28.1. The summed E-state index contributed by atoms with van der Waals surface area (Å²) in [5.41, 5.74) is 0.557. The van der Waals surface area contributed by atoms with Crippen molar-refractivity contribution in [3.63, 3.8) is 0 Å². The molecule has 0 amide bonds. The van der Waals surface area contributed by atoms with Gasteiger partial charge in [-0.05, 0) is 48.7 Å². The number of aromatic hydroxyl groups is 2. The van der Waals surface area contributed by atoms with Crippen molar-refractivity contribution >= 4 is 17.7 Å². The summed E-state index contributed by atoms with van der Waals surface area (Å²) < 4.78 is 0. The number of phenols is 2. The lowest BCUT2D eigenvalue weighted by molar-refractivity contribution is 0.0682. The molecule has 0 bridgehead atoms. The highest BCUT2D eigenvalue weighted by molar-refractivity contribution is 6.00. The third kappa shape index (κ3) is 26.6. The number of carboxylic acids is 2. The maximum atomic E-state index is 12.2. The highest BCUT2D eigenvalue weighted by Gasteiger charge is 2.15. The first-order valence-corrected chi connectivity index (χ1v) is 23.5. The molecule has 58 heavy (non-hydrogen) atoms. The zero-order chi connectivity index (χ0) is 42.6. The van der Waals surface area contributed by atoms with E-state index in [0.29, 0.717) is 24.0 Å². The molecule has 0 aromatic heterocycles. The van der Waals surface area contributed by atoms with Crippen molar-refractivity contribution in [1.82, 2.24) is 0 Å². The second kappa shape index (κ2) is 35.5. The summed E-state index contributed by atoms with van der Waals surface area (Å²) >= 11 is 0. The minimum absolute atomic E-state index is 0.0535. The second-order valence-electron chi connectivity index (χ2n) is 16.5. The maximum Gasteiger partial charge on any atom is 0.339 e. The molecule has 0 heterocycles. The third-order valence-electron chi connectivity index (χ3n) is 11.3. The van der Waals surface area contributed by atoms with Gasteiger partial charge in [-0.3, -0.25) is 4.79 Å². The number of carbonyl (C=O) groups excluding carboxylic acids is 1. The van der Waals surface area contributed by atoms with Crippen molar-refractivity contribution in [1.29, 1.82) is 0 Å². The van der Waals surface area contributed by atoms with E-state index in [1.165, 1.54) is 191 Å². The molecular formula is C50H82O8. The number of carbonyl (C=O) groups is 3. The lowest BCUT2D eigenvalue weighted by Crippen LogP contribution is -2.03. The molecule has 0 aliphatic rings. The standard InChI is InChI=1S/C25H42O4.C25H40O4/c2*1-2-3-4-5-6-7-8-9-10-11-12-13-14-15-16-17-23(26)21-18-19-24(27)22(20-21)25(28)29/h18-20,23,26-27H,2-17H2,1H3,(H,28,29);18-20,27H,2-17H2,1H3,(H,28,29). The molecule has 0 spiro atoms. The molecule has 0 aliphatic heterocycles. The van der Waals surface area contributed by atoms with Gasteiger partial charge in [0.15, 0.2) is 5.78 Å². The van der Waals surface area contributed by atoms with Gasteiger partial charge in [-0.1, -0.05) is 206 Å². The number of Topliss-reactive ketones (excluding diaryl/α,β-unsaturated/α-hetero) is 1. The third-order valence-corrected chi connectivity index (χ3v) is 11.3. The molecular weight excluding hydrogens is 729 g/mol. The molecule has 2 rings (SSSR count). The van der Waals surface area contributed by atoms with E-state index in [9.17, 15) is 29.7 Å². The SMILES string of the molecule is CCCCCCCCCCCCCCCCCC(=O)c1ccc(O)c(C(=O)O)c1.CCCCCCCCCCCCCCCCCC(O)c1ccc(O)c(C(=O)O)c1. The number of carboxylic acid groups (broad SMARTS) is 2. The molecule has 0 fully saturated rings. The van der Waals surface area contributed by atoms with Crippen LogP contribution < -0.4 is 0 Å². The lowest BCUT2D eigenvalue weighted by atomic mass is 9.99. The molecule has 1 unspecified atom stereocenters. The number of aliphatic hydroxyl groups is 1. The van der Waals surface area contributed by atoms with Crippen molar-refractivity contribution in [3.8, 4) is 11.5 Å². The summed E-state index contributed by atoms with van der Waals surface area (Å²) in [6.45, 7) is 4.52. The Bertz CT molecular complexity index is 1360. The van der Waals surface area contributed by atoms with Gasteiger partial charge in [0, 0.05) is 12.0 Å². The summed E-state index contributed by atoms with van der Waals surface area (Å²) in [6, 6.07) is 8.35. The van der Waals surface area contributed by atoms with E-state index < -0.39 is 18.0 Å². The Kier molecular flexibility index (Phi) is 32.3. The zero-order valence-corrected chi connectivity index (χ0v) is 36.6. The van der Waals surface area contributed by atoms with Crippen LogP contribution in [0.15, 0.2) is 36.4 Å². The van der Waals surface area contributed by atoms with Gasteiger partial charge >= 0.3 is 11.9 Å². The van der Waals surface area contributed by atoms with Crippen LogP contribution in [-0.4, -0.2) is 43.3 Å². The molecule has 2 aromatic carbocycles. The van der Waals surface area contributed by atoms with Gasteiger partial charge in [0.2, 0.25) is 0 Å². The number of hydrogen-bond acceptors (Lipinski definition) is 6. The number of hydrogen-bond donors (Lipinski definition) is 5. The summed E-state index contributed by atoms with van der Waals surface area (Å²) in [7, 11) is 0. The van der Waals surface area contributed by atoms with Gasteiger partial charge in [0.05, 0.1) is 6.10 Å². The van der Waals surface area contributed by atoms with Crippen molar-refractivity contribution in [2.24, 2.45) is 0 Å². The number of aromatic carboxylic acids is 2. The maximum absolute atomic E-state index is 12.2. The van der Waals surface area contributed by atoms with Crippen LogP contribution in [0.4, 0.5) is 0 Å². The number of ketones is 1. The number of aliphatic hydroxyl groups excluding tert-OH is 1. The fourth-order valence-corrected chi connectivity index (χ4v) is 7.49. The molecule has 2 aromatic rings. The van der Waals surface area contributed by atoms with Crippen LogP contribution in [0.5, 0.6) is 11.5 Å². The molecule has 0 saturated carbocycles. The fourth-order valence-electron chi connectivity index (χ4n) is 7.49. The lowest BCUT2D eigenvalue weighted by Gasteiger charge is -2.12. The summed E-state index contributed by atoms with van der Waals surface area (Å²) in [5, 5.41) is 47.4. The normalized spacial score (nSPS) is 11.6. The van der Waals surface area contributed by atoms with Gasteiger partial charge in [-0.15, -0.1) is 0 Å². The largest absolute Gasteiger partial charge is 0.507 e. The molecule has 5 N–H and O–H groups in total. The Balaban J connectivity index is 0.000000580. The van der Waals surface area contributed by atoms with Crippen LogP contribution >= 0.6 is 0 Å². The van der Waals surface area contributed by atoms with Gasteiger partial charge in [-0.25, -0.2) is 9.59 Å². The van der Waals surface area contributed by atoms with Crippen LogP contribution in [0, 0.1) is 0 Å². The van der Waals surface area contributed by atoms with Crippen molar-refractivity contribution in [2.75, 3.05) is 0 Å². The molecule has 0 saturated heterocycles. The highest BCUT2D eigenvalue weighted by Crippen LogP contribution is 2.26. The molecule has 330 valence electrons. The summed E-state index contributed by atoms with van der Waals surface area (Å²) in [6.07, 6.45) is 39.3. The average molecular weight is 811 g/mol. The quantitative estimate of drug-likeness (QED) is 0.0337. The monoisotopic (exact) mass is 811 g/mol. The predicted octanol–water partition coefficient (Wildman–Crippen LogP) is 14.9. The first kappa shape index (κ1) is 52.6. The molecule has 1 atom stereocenters. The zero-order valence-electron chi connectivity index (χ0n) is 36.6. The Hall–Kier alpha value is -3.39. The average Bonchev–Trinajstić information content (AvgIpc) is 3.21. The van der Waals surface area contributed by atoms with E-state index in [4.69, 9.17) is 10.2 Å². The van der Waals surface area contributed by atoms with Crippen LogP contribution in [0.3, 0.4) is 0 Å². The number of rotatable bonds is 36. The van der Waals surface area contributed by atoms with Crippen LogP contribution in [0.25, 0.3) is 0 Å². The predicted molar refractivity (Wildman–Crippen MR) is 239 cm³/mol. The van der Waals surface area contributed by atoms with Gasteiger partial charge in [-0.2, -0.15) is 0 Å². The Labute approximate surface area is 352 Å². The van der Waals surface area contributed by atoms with Crippen molar-refractivity contribution in [2.45, 2.75) is 225 Å². The first-order valence-electron chi connectivity index (χ1n) is 23.5. The molecule has 0 radical (unpaired) electrons. The Morgan fingerprint density at radius 1 is 0.448 bits per heavy atom. The molecule has 8 heteroatoms. The van der Waals surface area contributed by atoms with Gasteiger partial charge in [0.25, 0.3) is 0 Å². The minimum Gasteiger partial charge on any atom is -0.507 e. The van der Waals surface area contributed by atoms with E-state index in [1.807, 2.05) is 0 Å². The molecule has 8 nitrogen and oxygen atoms in total. The van der Waals surface area contributed by atoms with E-state index >= 15 is 0 Å². The topological polar surface area (TPSA) is 152 Å². The highest BCUT2D eigenvalue weighted by atomic mass is 16.4. The van der Waals surface area contributed by atoms with E-state index in [1.54, 1.807) is 6.07 Å². The van der Waals surface area contributed by atoms with Gasteiger partial charge < -0.3 is 25.5 Å². The smallest absolute Gasteiger partial charge is 0.339 e. The second-order valence-corrected chi connectivity index (χ2v) is 16.5. The van der Waals surface area contributed by atoms with Crippen molar-refractivity contribution in [3.05, 3.63) is 58.7 Å². The van der Waals surface area contributed by atoms with Crippen LogP contribution in [0.1, 0.15) is 262 Å². The van der Waals surface area contributed by atoms with E-state index in [-0.39, 0.29) is 28.4 Å².